The Morgan fingerprint density at radius 1 is 1.33 bits per heavy atom. The van der Waals surface area contributed by atoms with Gasteiger partial charge in [0.05, 0.1) is 16.9 Å². The predicted octanol–water partition coefficient (Wildman–Crippen LogP) is 2.98. The average Bonchev–Trinajstić information content (AvgIpc) is 2.95. The summed E-state index contributed by atoms with van der Waals surface area (Å²) in [6.45, 7) is 5.97. The Morgan fingerprint density at radius 2 is 2.00 bits per heavy atom. The molecule has 0 spiro atoms. The maximum atomic E-state index is 12.7. The van der Waals surface area contributed by atoms with E-state index in [2.05, 4.69) is 15.7 Å². The molecule has 2 rings (SSSR count). The lowest BCUT2D eigenvalue weighted by Crippen LogP contribution is -2.29. The molecule has 0 fully saturated rings. The molecule has 0 aliphatic carbocycles. The number of hydrogen-bond acceptors (Lipinski definition) is 5. The number of para-hydroxylation sites is 1. The molecule has 1 aromatic heterocycles. The monoisotopic (exact) mass is 300 g/mol. The third kappa shape index (κ3) is 2.93. The Bertz CT molecular complexity index is 709. The third-order valence-electron chi connectivity index (χ3n) is 3.08. The molecule has 0 atom stereocenters. The first-order chi connectivity index (χ1) is 9.86. The molecular formula is C15H16N4OS. The van der Waals surface area contributed by atoms with Crippen LogP contribution >= 0.6 is 11.5 Å². The number of aromatic nitrogens is 2. The van der Waals surface area contributed by atoms with Crippen molar-refractivity contribution in [3.05, 3.63) is 40.4 Å². The summed E-state index contributed by atoms with van der Waals surface area (Å²) in [4.78, 5) is 14.7. The van der Waals surface area contributed by atoms with Gasteiger partial charge in [-0.25, -0.2) is 0 Å². The number of anilines is 1. The zero-order chi connectivity index (χ0) is 15.6. The topological polar surface area (TPSA) is 69.9 Å². The number of rotatable bonds is 2. The van der Waals surface area contributed by atoms with Crippen molar-refractivity contribution in [1.29, 1.82) is 5.26 Å². The van der Waals surface area contributed by atoms with E-state index >= 15 is 0 Å². The highest BCUT2D eigenvalue weighted by Gasteiger charge is 2.28. The van der Waals surface area contributed by atoms with E-state index in [1.165, 1.54) is 4.90 Å². The summed E-state index contributed by atoms with van der Waals surface area (Å²) in [7, 11) is 1.66. The van der Waals surface area contributed by atoms with Crippen molar-refractivity contribution in [3.63, 3.8) is 0 Å². The standard InChI is InChI=1S/C15H16N4OS/c1-15(2,3)13-12(21-18-17-13)14(20)19(4)11-8-6-5-7-10(11)9-16/h5-8H,1-4H3. The molecule has 5 nitrogen and oxygen atoms in total. The van der Waals surface area contributed by atoms with Crippen LogP contribution in [-0.4, -0.2) is 22.5 Å². The smallest absolute Gasteiger partial charge is 0.271 e. The van der Waals surface area contributed by atoms with E-state index in [4.69, 9.17) is 5.26 Å². The summed E-state index contributed by atoms with van der Waals surface area (Å²) in [5, 5.41) is 13.2. The zero-order valence-corrected chi connectivity index (χ0v) is 13.2. The van der Waals surface area contributed by atoms with E-state index in [1.807, 2.05) is 20.8 Å². The fourth-order valence-corrected chi connectivity index (χ4v) is 2.80. The number of amides is 1. The molecule has 0 saturated carbocycles. The van der Waals surface area contributed by atoms with Gasteiger partial charge < -0.3 is 4.90 Å². The van der Waals surface area contributed by atoms with Crippen LogP contribution < -0.4 is 4.90 Å². The second-order valence-corrected chi connectivity index (χ2v) is 6.45. The van der Waals surface area contributed by atoms with E-state index in [9.17, 15) is 4.79 Å². The Kier molecular flexibility index (Phi) is 4.05. The van der Waals surface area contributed by atoms with Crippen LogP contribution in [0, 0.1) is 11.3 Å². The van der Waals surface area contributed by atoms with Gasteiger partial charge in [-0.3, -0.25) is 4.79 Å². The number of benzene rings is 1. The van der Waals surface area contributed by atoms with Gasteiger partial charge in [0.15, 0.2) is 0 Å². The SMILES string of the molecule is CN(C(=O)c1snnc1C(C)(C)C)c1ccccc1C#N. The molecule has 0 unspecified atom stereocenters. The molecular weight excluding hydrogens is 284 g/mol. The lowest BCUT2D eigenvalue weighted by Gasteiger charge is -2.21. The van der Waals surface area contributed by atoms with Gasteiger partial charge in [0.1, 0.15) is 10.9 Å². The fourth-order valence-electron chi connectivity index (χ4n) is 1.94. The van der Waals surface area contributed by atoms with Crippen molar-refractivity contribution in [2.24, 2.45) is 0 Å². The van der Waals surface area contributed by atoms with Crippen LogP contribution in [0.4, 0.5) is 5.69 Å². The van der Waals surface area contributed by atoms with Crippen LogP contribution in [0.25, 0.3) is 0 Å². The number of carbonyl (C=O) groups is 1. The first-order valence-electron chi connectivity index (χ1n) is 6.46. The van der Waals surface area contributed by atoms with E-state index in [0.717, 1.165) is 11.5 Å². The van der Waals surface area contributed by atoms with Gasteiger partial charge in [0.25, 0.3) is 5.91 Å². The summed E-state index contributed by atoms with van der Waals surface area (Å²) < 4.78 is 3.91. The molecule has 1 heterocycles. The summed E-state index contributed by atoms with van der Waals surface area (Å²) in [6.07, 6.45) is 0. The van der Waals surface area contributed by atoms with Gasteiger partial charge >= 0.3 is 0 Å². The normalized spacial score (nSPS) is 11.0. The Balaban J connectivity index is 2.42. The molecule has 0 radical (unpaired) electrons. The maximum absolute atomic E-state index is 12.7. The molecule has 1 amide bonds. The fraction of sp³-hybridized carbons (Fsp3) is 0.333. The van der Waals surface area contributed by atoms with Crippen molar-refractivity contribution >= 4 is 23.1 Å². The van der Waals surface area contributed by atoms with E-state index < -0.39 is 0 Å². The van der Waals surface area contributed by atoms with Crippen LogP contribution in [-0.2, 0) is 5.41 Å². The van der Waals surface area contributed by atoms with Gasteiger partial charge in [0, 0.05) is 12.5 Å². The van der Waals surface area contributed by atoms with Crippen molar-refractivity contribution in [1.82, 2.24) is 9.59 Å². The molecule has 2 aromatic rings. The van der Waals surface area contributed by atoms with Gasteiger partial charge in [-0.1, -0.05) is 37.4 Å². The van der Waals surface area contributed by atoms with Crippen molar-refractivity contribution in [2.45, 2.75) is 26.2 Å². The van der Waals surface area contributed by atoms with Crippen LogP contribution in [0.5, 0.6) is 0 Å². The summed E-state index contributed by atoms with van der Waals surface area (Å²) >= 11 is 1.09. The molecule has 0 bridgehead atoms. The molecule has 1 aromatic carbocycles. The van der Waals surface area contributed by atoms with Gasteiger partial charge in [-0.15, -0.1) is 5.10 Å². The number of nitriles is 1. The molecule has 0 aliphatic rings. The molecule has 0 N–H and O–H groups in total. The average molecular weight is 300 g/mol. The number of carbonyl (C=O) groups excluding carboxylic acids is 1. The quantitative estimate of drug-likeness (QED) is 0.855. The van der Waals surface area contributed by atoms with Crippen LogP contribution in [0.2, 0.25) is 0 Å². The Hall–Kier alpha value is -2.26. The first kappa shape index (κ1) is 15.1. The molecule has 6 heteroatoms. The van der Waals surface area contributed by atoms with Crippen molar-refractivity contribution < 1.29 is 4.79 Å². The predicted molar refractivity (Wildman–Crippen MR) is 82.5 cm³/mol. The van der Waals surface area contributed by atoms with Crippen LogP contribution in [0.3, 0.4) is 0 Å². The molecule has 0 saturated heterocycles. The lowest BCUT2D eigenvalue weighted by molar-refractivity contribution is 0.0994. The van der Waals surface area contributed by atoms with Crippen LogP contribution in [0.1, 0.15) is 41.7 Å². The highest BCUT2D eigenvalue weighted by atomic mass is 32.1. The van der Waals surface area contributed by atoms with E-state index in [1.54, 1.807) is 31.3 Å². The largest absolute Gasteiger partial charge is 0.309 e. The van der Waals surface area contributed by atoms with Crippen LogP contribution in [0.15, 0.2) is 24.3 Å². The molecule has 21 heavy (non-hydrogen) atoms. The number of nitrogens with zero attached hydrogens (tertiary/aromatic N) is 4. The maximum Gasteiger partial charge on any atom is 0.271 e. The summed E-state index contributed by atoms with van der Waals surface area (Å²) in [5.41, 5.74) is 1.47. The number of hydrogen-bond donors (Lipinski definition) is 0. The zero-order valence-electron chi connectivity index (χ0n) is 12.4. The van der Waals surface area contributed by atoms with Crippen molar-refractivity contribution in [3.8, 4) is 6.07 Å². The lowest BCUT2D eigenvalue weighted by atomic mass is 9.91. The van der Waals surface area contributed by atoms with E-state index in [0.29, 0.717) is 21.8 Å². The first-order valence-corrected chi connectivity index (χ1v) is 7.23. The second-order valence-electron chi connectivity index (χ2n) is 5.69. The minimum Gasteiger partial charge on any atom is -0.309 e. The minimum absolute atomic E-state index is 0.197. The summed E-state index contributed by atoms with van der Waals surface area (Å²) in [6, 6.07) is 9.11. The summed E-state index contributed by atoms with van der Waals surface area (Å²) in [5.74, 6) is -0.197. The van der Waals surface area contributed by atoms with E-state index in [-0.39, 0.29) is 11.3 Å². The Morgan fingerprint density at radius 3 is 2.62 bits per heavy atom. The van der Waals surface area contributed by atoms with Gasteiger partial charge in [0.2, 0.25) is 0 Å². The highest BCUT2D eigenvalue weighted by molar-refractivity contribution is 7.08. The van der Waals surface area contributed by atoms with Gasteiger partial charge in [-0.05, 0) is 23.7 Å². The van der Waals surface area contributed by atoms with Gasteiger partial charge in [-0.2, -0.15) is 5.26 Å². The second kappa shape index (κ2) is 5.62. The highest BCUT2D eigenvalue weighted by Crippen LogP contribution is 2.28. The third-order valence-corrected chi connectivity index (χ3v) is 3.80. The molecule has 108 valence electrons. The minimum atomic E-state index is -0.256. The molecule has 0 aliphatic heterocycles. The van der Waals surface area contributed by atoms with Crippen molar-refractivity contribution in [2.75, 3.05) is 11.9 Å². The Labute approximate surface area is 128 Å².